The van der Waals surface area contributed by atoms with E-state index in [4.69, 9.17) is 9.47 Å². The summed E-state index contributed by atoms with van der Waals surface area (Å²) in [7, 11) is 1.69. The molecule has 3 heterocycles. The zero-order valence-corrected chi connectivity index (χ0v) is 20.4. The van der Waals surface area contributed by atoms with Crippen molar-refractivity contribution in [3.63, 3.8) is 0 Å². The molecule has 2 fully saturated rings. The van der Waals surface area contributed by atoms with Crippen molar-refractivity contribution in [2.45, 2.75) is 64.4 Å². The minimum absolute atomic E-state index is 0.246. The van der Waals surface area contributed by atoms with Crippen LogP contribution in [0.2, 0.25) is 0 Å². The molecule has 2 saturated heterocycles. The van der Waals surface area contributed by atoms with Gasteiger partial charge in [-0.2, -0.15) is 0 Å². The van der Waals surface area contributed by atoms with Crippen LogP contribution in [0.4, 0.5) is 4.79 Å². The Kier molecular flexibility index (Phi) is 6.86. The molecule has 1 aromatic carbocycles. The second-order valence-corrected chi connectivity index (χ2v) is 10.4. The van der Waals surface area contributed by atoms with E-state index in [1.54, 1.807) is 12.0 Å². The topological polar surface area (TPSA) is 74.9 Å². The summed E-state index contributed by atoms with van der Waals surface area (Å²) in [5.74, 6) is 1.92. The lowest BCUT2D eigenvalue weighted by molar-refractivity contribution is -0.133. The monoisotopic (exact) mass is 455 g/mol. The number of aromatic nitrogens is 1. The SMILES string of the molecule is COc1ccc2[nH]cc(C3CCN(C(=O)CC4CCN(C(=O)OC(C)(C)C)CC4)CC3)c2c1. The van der Waals surface area contributed by atoms with Gasteiger partial charge in [0.15, 0.2) is 0 Å². The summed E-state index contributed by atoms with van der Waals surface area (Å²) < 4.78 is 10.9. The number of carbonyl (C=O) groups excluding carboxylic acids is 2. The molecule has 7 heteroatoms. The summed E-state index contributed by atoms with van der Waals surface area (Å²) in [6.07, 6.45) is 6.13. The van der Waals surface area contributed by atoms with E-state index in [2.05, 4.69) is 23.3 Å². The minimum Gasteiger partial charge on any atom is -0.497 e. The molecule has 7 nitrogen and oxygen atoms in total. The van der Waals surface area contributed by atoms with E-state index in [1.807, 2.05) is 31.7 Å². The lowest BCUT2D eigenvalue weighted by atomic mass is 9.88. The van der Waals surface area contributed by atoms with Gasteiger partial charge in [0.2, 0.25) is 5.91 Å². The Morgan fingerprint density at radius 1 is 1.03 bits per heavy atom. The Balaban J connectivity index is 1.25. The van der Waals surface area contributed by atoms with Gasteiger partial charge in [-0.1, -0.05) is 0 Å². The summed E-state index contributed by atoms with van der Waals surface area (Å²) >= 11 is 0. The molecule has 2 aliphatic rings. The molecule has 0 aliphatic carbocycles. The first kappa shape index (κ1) is 23.5. The average molecular weight is 456 g/mol. The lowest BCUT2D eigenvalue weighted by Crippen LogP contribution is -2.43. The summed E-state index contributed by atoms with van der Waals surface area (Å²) in [4.78, 5) is 32.4. The summed E-state index contributed by atoms with van der Waals surface area (Å²) in [6.45, 7) is 8.59. The van der Waals surface area contributed by atoms with Crippen molar-refractivity contribution in [1.82, 2.24) is 14.8 Å². The van der Waals surface area contributed by atoms with Gasteiger partial charge in [0.25, 0.3) is 0 Å². The van der Waals surface area contributed by atoms with Crippen molar-refractivity contribution in [1.29, 1.82) is 0 Å². The normalized spacial score (nSPS) is 18.5. The molecule has 0 unspecified atom stereocenters. The van der Waals surface area contributed by atoms with E-state index in [0.29, 0.717) is 31.3 Å². The zero-order chi connectivity index (χ0) is 23.6. The molecule has 2 amide bonds. The highest BCUT2D eigenvalue weighted by Crippen LogP contribution is 2.35. The second-order valence-electron chi connectivity index (χ2n) is 10.4. The number of methoxy groups -OCH3 is 1. The maximum Gasteiger partial charge on any atom is 0.410 e. The molecule has 180 valence electrons. The van der Waals surface area contributed by atoms with Gasteiger partial charge < -0.3 is 24.3 Å². The van der Waals surface area contributed by atoms with Gasteiger partial charge in [-0.25, -0.2) is 4.79 Å². The Morgan fingerprint density at radius 3 is 2.33 bits per heavy atom. The number of ether oxygens (including phenoxy) is 2. The van der Waals surface area contributed by atoms with Crippen LogP contribution in [0, 0.1) is 5.92 Å². The Labute approximate surface area is 196 Å². The van der Waals surface area contributed by atoms with E-state index in [-0.39, 0.29) is 12.0 Å². The van der Waals surface area contributed by atoms with Crippen LogP contribution in [0.25, 0.3) is 10.9 Å². The number of hydrogen-bond acceptors (Lipinski definition) is 4. The van der Waals surface area contributed by atoms with Gasteiger partial charge in [-0.15, -0.1) is 0 Å². The van der Waals surface area contributed by atoms with E-state index in [0.717, 1.165) is 50.0 Å². The predicted octanol–water partition coefficient (Wildman–Crippen LogP) is 4.92. The van der Waals surface area contributed by atoms with Crippen LogP contribution in [0.3, 0.4) is 0 Å². The lowest BCUT2D eigenvalue weighted by Gasteiger charge is -2.35. The maximum atomic E-state index is 13.0. The quantitative estimate of drug-likeness (QED) is 0.710. The third kappa shape index (κ3) is 5.63. The van der Waals surface area contributed by atoms with Gasteiger partial charge >= 0.3 is 6.09 Å². The fourth-order valence-electron chi connectivity index (χ4n) is 5.05. The number of fused-ring (bicyclic) bond motifs is 1. The number of nitrogens with one attached hydrogen (secondary N) is 1. The van der Waals surface area contributed by atoms with Gasteiger partial charge in [0.05, 0.1) is 7.11 Å². The minimum atomic E-state index is -0.477. The van der Waals surface area contributed by atoms with E-state index in [1.165, 1.54) is 10.9 Å². The fourth-order valence-corrected chi connectivity index (χ4v) is 5.05. The van der Waals surface area contributed by atoms with Crippen LogP contribution in [0.5, 0.6) is 5.75 Å². The molecule has 0 spiro atoms. The van der Waals surface area contributed by atoms with Crippen LogP contribution in [-0.2, 0) is 9.53 Å². The van der Waals surface area contributed by atoms with Crippen molar-refractivity contribution in [3.05, 3.63) is 30.0 Å². The zero-order valence-electron chi connectivity index (χ0n) is 20.4. The number of nitrogens with zero attached hydrogens (tertiary/aromatic N) is 2. The van der Waals surface area contributed by atoms with E-state index < -0.39 is 5.60 Å². The molecule has 1 aromatic heterocycles. The van der Waals surface area contributed by atoms with Crippen LogP contribution >= 0.6 is 0 Å². The Morgan fingerprint density at radius 2 is 1.70 bits per heavy atom. The average Bonchev–Trinajstić information content (AvgIpc) is 3.21. The van der Waals surface area contributed by atoms with Crippen molar-refractivity contribution in [3.8, 4) is 5.75 Å². The first-order chi connectivity index (χ1) is 15.7. The molecule has 2 aliphatic heterocycles. The molecule has 33 heavy (non-hydrogen) atoms. The highest BCUT2D eigenvalue weighted by molar-refractivity contribution is 5.85. The van der Waals surface area contributed by atoms with Crippen molar-refractivity contribution in [2.24, 2.45) is 5.92 Å². The number of aromatic amines is 1. The number of piperidine rings is 2. The summed E-state index contributed by atoms with van der Waals surface area (Å²) in [5, 5.41) is 1.22. The Hall–Kier alpha value is -2.70. The number of carbonyl (C=O) groups is 2. The van der Waals surface area contributed by atoms with Crippen molar-refractivity contribution >= 4 is 22.9 Å². The number of rotatable bonds is 4. The molecule has 0 saturated carbocycles. The fraction of sp³-hybridized carbons (Fsp3) is 0.615. The molecule has 1 N–H and O–H groups in total. The summed E-state index contributed by atoms with van der Waals surface area (Å²) in [6, 6.07) is 6.13. The second kappa shape index (κ2) is 9.65. The molecular formula is C26H37N3O4. The molecule has 2 aromatic rings. The smallest absolute Gasteiger partial charge is 0.410 e. The highest BCUT2D eigenvalue weighted by atomic mass is 16.6. The Bertz CT molecular complexity index is 977. The molecule has 0 bridgehead atoms. The number of H-pyrrole nitrogens is 1. The van der Waals surface area contributed by atoms with Gasteiger partial charge in [0, 0.05) is 49.7 Å². The number of benzene rings is 1. The van der Waals surface area contributed by atoms with Crippen LogP contribution in [0.1, 0.15) is 64.4 Å². The molecule has 0 radical (unpaired) electrons. The third-order valence-corrected chi connectivity index (χ3v) is 6.94. The largest absolute Gasteiger partial charge is 0.497 e. The van der Waals surface area contributed by atoms with Crippen LogP contribution < -0.4 is 4.74 Å². The maximum absolute atomic E-state index is 13.0. The standard InChI is InChI=1S/C26H37N3O4/c1-26(2,3)33-25(31)29-11-7-18(8-12-29)15-24(30)28-13-9-19(10-14-28)22-17-27-23-6-5-20(32-4)16-21(22)23/h5-6,16-19,27H,7-15H2,1-4H3. The van der Waals surface area contributed by atoms with Crippen molar-refractivity contribution < 1.29 is 19.1 Å². The summed E-state index contributed by atoms with van der Waals surface area (Å²) in [5.41, 5.74) is 1.97. The van der Waals surface area contributed by atoms with Crippen LogP contribution in [0.15, 0.2) is 24.4 Å². The van der Waals surface area contributed by atoms with Gasteiger partial charge in [-0.05, 0) is 82.1 Å². The molecule has 0 atom stereocenters. The third-order valence-electron chi connectivity index (χ3n) is 6.94. The van der Waals surface area contributed by atoms with E-state index in [9.17, 15) is 9.59 Å². The first-order valence-corrected chi connectivity index (χ1v) is 12.1. The van der Waals surface area contributed by atoms with Crippen molar-refractivity contribution in [2.75, 3.05) is 33.3 Å². The number of amides is 2. The van der Waals surface area contributed by atoms with Gasteiger partial charge in [-0.3, -0.25) is 4.79 Å². The first-order valence-electron chi connectivity index (χ1n) is 12.1. The molecule has 4 rings (SSSR count). The van der Waals surface area contributed by atoms with Gasteiger partial charge in [0.1, 0.15) is 11.4 Å². The predicted molar refractivity (Wildman–Crippen MR) is 129 cm³/mol. The molecular weight excluding hydrogens is 418 g/mol. The highest BCUT2D eigenvalue weighted by Gasteiger charge is 2.30. The number of hydrogen-bond donors (Lipinski definition) is 1. The van der Waals surface area contributed by atoms with E-state index >= 15 is 0 Å². The van der Waals surface area contributed by atoms with Crippen LogP contribution in [-0.4, -0.2) is 65.7 Å². The number of likely N-dealkylation sites (tertiary alicyclic amines) is 2.